The Morgan fingerprint density at radius 1 is 1.32 bits per heavy atom. The molecule has 0 aliphatic heterocycles. The molecule has 0 saturated carbocycles. The van der Waals surface area contributed by atoms with E-state index in [0.29, 0.717) is 4.67 Å². The van der Waals surface area contributed by atoms with Gasteiger partial charge in [-0.25, -0.2) is 0 Å². The van der Waals surface area contributed by atoms with Crippen LogP contribution in [0.2, 0.25) is 0 Å². The fraction of sp³-hybridized carbons (Fsp3) is 0.286. The molecule has 1 heterocycles. The number of benzene rings is 1. The third-order valence-corrected chi connectivity index (χ3v) is 5.01. The van der Waals surface area contributed by atoms with E-state index in [1.165, 1.54) is 0 Å². The topological polar surface area (TPSA) is 22.4 Å². The first kappa shape index (κ1) is 14.9. The SMILES string of the molecule is COc1c(C)cc(Br)c(C)c1C(Cl)c1ccoc1Br. The molecule has 0 N–H and O–H groups in total. The van der Waals surface area contributed by atoms with Crippen LogP contribution in [0.25, 0.3) is 0 Å². The van der Waals surface area contributed by atoms with E-state index < -0.39 is 0 Å². The van der Waals surface area contributed by atoms with Gasteiger partial charge in [-0.1, -0.05) is 15.9 Å². The van der Waals surface area contributed by atoms with Gasteiger partial charge in [-0.3, -0.25) is 0 Å². The Balaban J connectivity index is 2.64. The van der Waals surface area contributed by atoms with E-state index in [9.17, 15) is 0 Å². The first-order valence-electron chi connectivity index (χ1n) is 5.68. The van der Waals surface area contributed by atoms with Crippen LogP contribution in [0.3, 0.4) is 0 Å². The quantitative estimate of drug-likeness (QED) is 0.603. The number of alkyl halides is 1. The number of halogens is 3. The molecule has 1 unspecified atom stereocenters. The minimum Gasteiger partial charge on any atom is -0.496 e. The fourth-order valence-corrected chi connectivity index (χ4v) is 3.68. The van der Waals surface area contributed by atoms with Crippen LogP contribution in [0.5, 0.6) is 5.75 Å². The van der Waals surface area contributed by atoms with Crippen LogP contribution < -0.4 is 4.74 Å². The molecule has 0 fully saturated rings. The van der Waals surface area contributed by atoms with Crippen molar-refractivity contribution in [3.8, 4) is 5.75 Å². The van der Waals surface area contributed by atoms with Crippen LogP contribution in [0.4, 0.5) is 0 Å². The zero-order valence-electron chi connectivity index (χ0n) is 10.8. The van der Waals surface area contributed by atoms with E-state index in [4.69, 9.17) is 20.8 Å². The third kappa shape index (κ3) is 2.71. The molecule has 0 aliphatic carbocycles. The lowest BCUT2D eigenvalue weighted by Crippen LogP contribution is -2.03. The lowest BCUT2D eigenvalue weighted by atomic mass is 9.98. The van der Waals surface area contributed by atoms with Crippen molar-refractivity contribution in [1.29, 1.82) is 0 Å². The summed E-state index contributed by atoms with van der Waals surface area (Å²) >= 11 is 13.6. The monoisotopic (exact) mass is 406 g/mol. The largest absolute Gasteiger partial charge is 0.496 e. The molecule has 19 heavy (non-hydrogen) atoms. The molecule has 2 nitrogen and oxygen atoms in total. The summed E-state index contributed by atoms with van der Waals surface area (Å²) in [7, 11) is 1.66. The zero-order valence-corrected chi connectivity index (χ0v) is 14.7. The van der Waals surface area contributed by atoms with Gasteiger partial charge in [-0.15, -0.1) is 11.6 Å². The lowest BCUT2D eigenvalue weighted by molar-refractivity contribution is 0.406. The van der Waals surface area contributed by atoms with Gasteiger partial charge in [0.05, 0.1) is 18.8 Å². The zero-order chi connectivity index (χ0) is 14.2. The molecule has 0 aliphatic rings. The molecule has 1 aromatic heterocycles. The molecular formula is C14H13Br2ClO2. The molecule has 0 radical (unpaired) electrons. The molecule has 1 aromatic carbocycles. The highest BCUT2D eigenvalue weighted by Gasteiger charge is 2.24. The van der Waals surface area contributed by atoms with Crippen molar-refractivity contribution in [2.75, 3.05) is 7.11 Å². The Kier molecular flexibility index (Phi) is 4.64. The predicted octanol–water partition coefficient (Wildman–Crippen LogP) is 5.76. The predicted molar refractivity (Wildman–Crippen MR) is 84.3 cm³/mol. The number of methoxy groups -OCH3 is 1. The summed E-state index contributed by atoms with van der Waals surface area (Å²) in [5.74, 6) is 0.814. The van der Waals surface area contributed by atoms with Crippen molar-refractivity contribution in [3.63, 3.8) is 0 Å². The normalized spacial score (nSPS) is 12.5. The molecule has 0 bridgehead atoms. The molecule has 5 heteroatoms. The highest BCUT2D eigenvalue weighted by molar-refractivity contribution is 9.10. The second-order valence-electron chi connectivity index (χ2n) is 4.26. The number of hydrogen-bond acceptors (Lipinski definition) is 2. The Morgan fingerprint density at radius 3 is 2.53 bits per heavy atom. The number of hydrogen-bond donors (Lipinski definition) is 0. The Hall–Kier alpha value is -0.450. The highest BCUT2D eigenvalue weighted by Crippen LogP contribution is 2.43. The van der Waals surface area contributed by atoms with Gasteiger partial charge in [0.15, 0.2) is 4.67 Å². The summed E-state index contributed by atoms with van der Waals surface area (Å²) in [6.07, 6.45) is 1.61. The highest BCUT2D eigenvalue weighted by atomic mass is 79.9. The van der Waals surface area contributed by atoms with E-state index in [1.807, 2.05) is 26.0 Å². The van der Waals surface area contributed by atoms with E-state index in [2.05, 4.69) is 31.9 Å². The minimum absolute atomic E-state index is 0.334. The molecule has 102 valence electrons. The average molecular weight is 409 g/mol. The van der Waals surface area contributed by atoms with Gasteiger partial charge in [0.2, 0.25) is 0 Å². The van der Waals surface area contributed by atoms with Crippen LogP contribution in [-0.2, 0) is 0 Å². The smallest absolute Gasteiger partial charge is 0.173 e. The maximum Gasteiger partial charge on any atom is 0.173 e. The molecule has 2 rings (SSSR count). The summed E-state index contributed by atoms with van der Waals surface area (Å²) in [5, 5.41) is -0.334. The first-order chi connectivity index (χ1) is 8.97. The summed E-state index contributed by atoms with van der Waals surface area (Å²) in [5.41, 5.74) is 3.95. The Bertz CT molecular complexity index is 608. The third-order valence-electron chi connectivity index (χ3n) is 3.08. The first-order valence-corrected chi connectivity index (χ1v) is 7.70. The minimum atomic E-state index is -0.334. The number of aryl methyl sites for hydroxylation is 1. The second kappa shape index (κ2) is 5.90. The van der Waals surface area contributed by atoms with E-state index in [-0.39, 0.29) is 5.38 Å². The maximum absolute atomic E-state index is 6.62. The van der Waals surface area contributed by atoms with Crippen LogP contribution in [0, 0.1) is 13.8 Å². The van der Waals surface area contributed by atoms with Crippen molar-refractivity contribution in [2.45, 2.75) is 19.2 Å². The van der Waals surface area contributed by atoms with Crippen molar-refractivity contribution >= 4 is 43.5 Å². The van der Waals surface area contributed by atoms with E-state index in [0.717, 1.165) is 32.5 Å². The lowest BCUT2D eigenvalue weighted by Gasteiger charge is -2.19. The maximum atomic E-state index is 6.62. The second-order valence-corrected chi connectivity index (χ2v) is 6.27. The molecule has 0 amide bonds. The van der Waals surface area contributed by atoms with Crippen LogP contribution in [0.15, 0.2) is 32.0 Å². The Morgan fingerprint density at radius 2 is 2.00 bits per heavy atom. The van der Waals surface area contributed by atoms with E-state index in [1.54, 1.807) is 13.4 Å². The van der Waals surface area contributed by atoms with Crippen molar-refractivity contribution in [3.05, 3.63) is 49.8 Å². The molecule has 2 aromatic rings. The van der Waals surface area contributed by atoms with Crippen molar-refractivity contribution < 1.29 is 9.15 Å². The summed E-state index contributed by atoms with van der Waals surface area (Å²) in [6, 6.07) is 3.89. The van der Waals surface area contributed by atoms with Crippen LogP contribution >= 0.6 is 43.5 Å². The molecular weight excluding hydrogens is 395 g/mol. The van der Waals surface area contributed by atoms with Crippen LogP contribution in [0.1, 0.15) is 27.6 Å². The fourth-order valence-electron chi connectivity index (χ4n) is 2.09. The number of furan rings is 1. The van der Waals surface area contributed by atoms with Gasteiger partial charge < -0.3 is 9.15 Å². The van der Waals surface area contributed by atoms with Crippen molar-refractivity contribution in [2.24, 2.45) is 0 Å². The molecule has 1 atom stereocenters. The van der Waals surface area contributed by atoms with E-state index >= 15 is 0 Å². The summed E-state index contributed by atoms with van der Waals surface area (Å²) < 4.78 is 12.4. The molecule has 0 spiro atoms. The summed E-state index contributed by atoms with van der Waals surface area (Å²) in [6.45, 7) is 4.02. The van der Waals surface area contributed by atoms with Crippen molar-refractivity contribution in [1.82, 2.24) is 0 Å². The average Bonchev–Trinajstić information content (AvgIpc) is 2.79. The standard InChI is InChI=1S/C14H13Br2ClO2/c1-7-6-10(15)8(2)11(13(7)18-3)12(17)9-4-5-19-14(9)16/h4-6,12H,1-3H3. The summed E-state index contributed by atoms with van der Waals surface area (Å²) in [4.78, 5) is 0. The number of rotatable bonds is 3. The van der Waals surface area contributed by atoms with Crippen LogP contribution in [-0.4, -0.2) is 7.11 Å². The van der Waals surface area contributed by atoms with Gasteiger partial charge in [0, 0.05) is 15.6 Å². The van der Waals surface area contributed by atoms with Gasteiger partial charge in [0.25, 0.3) is 0 Å². The number of ether oxygens (including phenoxy) is 1. The van der Waals surface area contributed by atoms with Gasteiger partial charge in [-0.2, -0.15) is 0 Å². The van der Waals surface area contributed by atoms with Gasteiger partial charge in [-0.05, 0) is 53.0 Å². The van der Waals surface area contributed by atoms with Gasteiger partial charge >= 0.3 is 0 Å². The van der Waals surface area contributed by atoms with Gasteiger partial charge in [0.1, 0.15) is 5.75 Å². The Labute approximate surface area is 134 Å². The molecule has 0 saturated heterocycles.